The van der Waals surface area contributed by atoms with Crippen molar-refractivity contribution in [3.63, 3.8) is 0 Å². The Balaban J connectivity index is 1.32. The van der Waals surface area contributed by atoms with Crippen molar-refractivity contribution in [3.05, 3.63) is 81.6 Å². The minimum Gasteiger partial charge on any atom is -0.335 e. The Labute approximate surface area is 194 Å². The predicted molar refractivity (Wildman–Crippen MR) is 119 cm³/mol. The van der Waals surface area contributed by atoms with Crippen molar-refractivity contribution < 1.29 is 18.4 Å². The van der Waals surface area contributed by atoms with Crippen LogP contribution < -0.4 is 0 Å². The van der Waals surface area contributed by atoms with Crippen LogP contribution in [0.1, 0.15) is 38.5 Å². The van der Waals surface area contributed by atoms with Crippen LogP contribution in [0.5, 0.6) is 0 Å². The SMILES string of the molecule is O=C(c1ccc(F)cc1Cl)N1CCN(C(=O)c2nn(-c3ccc(F)cc3)c3c2CCC3)CC1. The zero-order chi connectivity index (χ0) is 23.1. The second kappa shape index (κ2) is 8.59. The first-order valence-corrected chi connectivity index (χ1v) is 11.2. The molecule has 2 amide bonds. The van der Waals surface area contributed by atoms with Crippen LogP contribution in [0.2, 0.25) is 5.02 Å². The maximum Gasteiger partial charge on any atom is 0.274 e. The summed E-state index contributed by atoms with van der Waals surface area (Å²) in [6.07, 6.45) is 2.53. The fourth-order valence-electron chi connectivity index (χ4n) is 4.50. The number of nitrogens with zero attached hydrogens (tertiary/aromatic N) is 4. The Kier molecular flexibility index (Phi) is 5.62. The van der Waals surface area contributed by atoms with Crippen LogP contribution in [0.25, 0.3) is 5.69 Å². The number of hydrogen-bond donors (Lipinski definition) is 0. The molecule has 2 heterocycles. The van der Waals surface area contributed by atoms with Crippen molar-refractivity contribution in [1.82, 2.24) is 19.6 Å². The van der Waals surface area contributed by atoms with Crippen molar-refractivity contribution in [2.75, 3.05) is 26.2 Å². The molecule has 0 atom stereocenters. The molecule has 1 aliphatic heterocycles. The van der Waals surface area contributed by atoms with E-state index in [-0.39, 0.29) is 28.2 Å². The van der Waals surface area contributed by atoms with Gasteiger partial charge in [0.15, 0.2) is 5.69 Å². The number of carbonyl (C=O) groups excluding carboxylic acids is 2. The molecule has 6 nitrogen and oxygen atoms in total. The maximum atomic E-state index is 13.3. The van der Waals surface area contributed by atoms with Gasteiger partial charge in [0.25, 0.3) is 11.8 Å². The van der Waals surface area contributed by atoms with Gasteiger partial charge in [0.05, 0.1) is 16.3 Å². The summed E-state index contributed by atoms with van der Waals surface area (Å²) in [5.74, 6) is -1.28. The fourth-order valence-corrected chi connectivity index (χ4v) is 4.75. The van der Waals surface area contributed by atoms with Crippen LogP contribution in [-0.4, -0.2) is 57.6 Å². The zero-order valence-corrected chi connectivity index (χ0v) is 18.5. The van der Waals surface area contributed by atoms with Gasteiger partial charge in [0.2, 0.25) is 0 Å². The quantitative estimate of drug-likeness (QED) is 0.583. The molecule has 0 N–H and O–H groups in total. The van der Waals surface area contributed by atoms with E-state index in [2.05, 4.69) is 5.10 Å². The first-order chi connectivity index (χ1) is 15.9. The summed E-state index contributed by atoms with van der Waals surface area (Å²) in [6, 6.07) is 9.76. The van der Waals surface area contributed by atoms with Crippen molar-refractivity contribution in [3.8, 4) is 5.69 Å². The van der Waals surface area contributed by atoms with Gasteiger partial charge >= 0.3 is 0 Å². The molecule has 1 aromatic heterocycles. The standard InChI is InChI=1S/C24H21ClF2N4O2/c25-20-14-16(27)6-9-18(20)23(32)29-10-12-30(13-11-29)24(33)22-19-2-1-3-21(19)31(28-22)17-7-4-15(26)5-8-17/h4-9,14H,1-3,10-13H2. The maximum absolute atomic E-state index is 13.3. The predicted octanol–water partition coefficient (Wildman–Crippen LogP) is 3.89. The van der Waals surface area contributed by atoms with E-state index in [0.29, 0.717) is 31.9 Å². The van der Waals surface area contributed by atoms with Crippen molar-refractivity contribution in [1.29, 1.82) is 0 Å². The molecule has 5 rings (SSSR count). The van der Waals surface area contributed by atoms with Crippen molar-refractivity contribution in [2.45, 2.75) is 19.3 Å². The van der Waals surface area contributed by atoms with Gasteiger partial charge in [0, 0.05) is 37.4 Å². The highest BCUT2D eigenvalue weighted by Crippen LogP contribution is 2.29. The molecule has 9 heteroatoms. The lowest BCUT2D eigenvalue weighted by Crippen LogP contribution is -2.50. The summed E-state index contributed by atoms with van der Waals surface area (Å²) in [5.41, 5.74) is 3.33. The van der Waals surface area contributed by atoms with Gasteiger partial charge in [-0.3, -0.25) is 9.59 Å². The average molecular weight is 471 g/mol. The number of fused-ring (bicyclic) bond motifs is 1. The summed E-state index contributed by atoms with van der Waals surface area (Å²) in [5, 5.41) is 4.67. The monoisotopic (exact) mass is 470 g/mol. The van der Waals surface area contributed by atoms with Gasteiger partial charge in [0.1, 0.15) is 11.6 Å². The normalized spacial score (nSPS) is 15.6. The number of carbonyl (C=O) groups is 2. The lowest BCUT2D eigenvalue weighted by Gasteiger charge is -2.34. The highest BCUT2D eigenvalue weighted by Gasteiger charge is 2.32. The summed E-state index contributed by atoms with van der Waals surface area (Å²) < 4.78 is 28.4. The van der Waals surface area contributed by atoms with E-state index in [1.165, 1.54) is 24.3 Å². The molecule has 170 valence electrons. The molecular weight excluding hydrogens is 450 g/mol. The molecule has 0 bridgehead atoms. The van der Waals surface area contributed by atoms with Crippen LogP contribution in [0, 0.1) is 11.6 Å². The molecule has 2 aromatic carbocycles. The fraction of sp³-hybridized carbons (Fsp3) is 0.292. The third-order valence-electron chi connectivity index (χ3n) is 6.22. The molecule has 3 aromatic rings. The minimum atomic E-state index is -0.500. The van der Waals surface area contributed by atoms with Crippen LogP contribution in [0.15, 0.2) is 42.5 Å². The first kappa shape index (κ1) is 21.6. The molecule has 1 fully saturated rings. The molecule has 0 spiro atoms. The molecule has 0 saturated carbocycles. The topological polar surface area (TPSA) is 58.4 Å². The summed E-state index contributed by atoms with van der Waals surface area (Å²) in [6.45, 7) is 1.42. The smallest absolute Gasteiger partial charge is 0.274 e. The lowest BCUT2D eigenvalue weighted by molar-refractivity contribution is 0.0531. The zero-order valence-electron chi connectivity index (χ0n) is 17.7. The summed E-state index contributed by atoms with van der Waals surface area (Å²) in [7, 11) is 0. The third kappa shape index (κ3) is 3.99. The van der Waals surface area contributed by atoms with Gasteiger partial charge in [-0.05, 0) is 61.7 Å². The molecule has 1 aliphatic carbocycles. The Bertz CT molecular complexity index is 1230. The van der Waals surface area contributed by atoms with Crippen LogP contribution in [0.3, 0.4) is 0 Å². The third-order valence-corrected chi connectivity index (χ3v) is 6.53. The van der Waals surface area contributed by atoms with E-state index < -0.39 is 5.82 Å². The van der Waals surface area contributed by atoms with E-state index in [9.17, 15) is 18.4 Å². The lowest BCUT2D eigenvalue weighted by atomic mass is 10.1. The van der Waals surface area contributed by atoms with Gasteiger partial charge in [-0.1, -0.05) is 11.6 Å². The number of halogens is 3. The van der Waals surface area contributed by atoms with E-state index in [0.717, 1.165) is 42.3 Å². The first-order valence-electron chi connectivity index (χ1n) is 10.8. The van der Waals surface area contributed by atoms with Crippen LogP contribution in [0.4, 0.5) is 8.78 Å². The van der Waals surface area contributed by atoms with Gasteiger partial charge < -0.3 is 9.80 Å². The molecule has 2 aliphatic rings. The second-order valence-electron chi connectivity index (χ2n) is 8.22. The number of amides is 2. The van der Waals surface area contributed by atoms with Crippen LogP contribution in [-0.2, 0) is 12.8 Å². The van der Waals surface area contributed by atoms with E-state index in [4.69, 9.17) is 11.6 Å². The number of piperazine rings is 1. The highest BCUT2D eigenvalue weighted by molar-refractivity contribution is 6.33. The number of hydrogen-bond acceptors (Lipinski definition) is 3. The van der Waals surface area contributed by atoms with E-state index >= 15 is 0 Å². The number of benzene rings is 2. The molecule has 33 heavy (non-hydrogen) atoms. The van der Waals surface area contributed by atoms with Crippen LogP contribution >= 0.6 is 11.6 Å². The Morgan fingerprint density at radius 1 is 0.848 bits per heavy atom. The molecular formula is C24H21ClF2N4O2. The summed E-state index contributed by atoms with van der Waals surface area (Å²) >= 11 is 6.03. The van der Waals surface area contributed by atoms with Gasteiger partial charge in [-0.25, -0.2) is 13.5 Å². The van der Waals surface area contributed by atoms with E-state index in [1.54, 1.807) is 26.6 Å². The average Bonchev–Trinajstić information content (AvgIpc) is 3.42. The van der Waals surface area contributed by atoms with Crippen molar-refractivity contribution in [2.24, 2.45) is 0 Å². The highest BCUT2D eigenvalue weighted by atomic mass is 35.5. The molecule has 0 radical (unpaired) electrons. The number of aromatic nitrogens is 2. The Morgan fingerprint density at radius 2 is 1.48 bits per heavy atom. The van der Waals surface area contributed by atoms with E-state index in [1.807, 2.05) is 0 Å². The Hall–Kier alpha value is -3.26. The molecule has 0 unspecified atom stereocenters. The van der Waals surface area contributed by atoms with Gasteiger partial charge in [-0.2, -0.15) is 5.10 Å². The largest absolute Gasteiger partial charge is 0.335 e. The summed E-state index contributed by atoms with van der Waals surface area (Å²) in [4.78, 5) is 29.4. The number of rotatable bonds is 3. The second-order valence-corrected chi connectivity index (χ2v) is 8.63. The minimum absolute atomic E-state index is 0.0698. The molecule has 1 saturated heterocycles. The Morgan fingerprint density at radius 3 is 2.15 bits per heavy atom. The van der Waals surface area contributed by atoms with Gasteiger partial charge in [-0.15, -0.1) is 0 Å². The van der Waals surface area contributed by atoms with Crippen molar-refractivity contribution >= 4 is 23.4 Å².